The summed E-state index contributed by atoms with van der Waals surface area (Å²) in [5.74, 6) is 0.542. The molecule has 6 heteroatoms. The van der Waals surface area contributed by atoms with E-state index in [4.69, 9.17) is 0 Å². The third kappa shape index (κ3) is 5.09. The van der Waals surface area contributed by atoms with Gasteiger partial charge in [-0.3, -0.25) is 4.79 Å². The van der Waals surface area contributed by atoms with Crippen LogP contribution in [-0.2, 0) is 4.79 Å². The average Bonchev–Trinajstić information content (AvgIpc) is 2.49. The van der Waals surface area contributed by atoms with Gasteiger partial charge in [0.05, 0.1) is 12.1 Å². The first-order chi connectivity index (χ1) is 10.8. The van der Waals surface area contributed by atoms with Crippen molar-refractivity contribution in [3.8, 4) is 0 Å². The highest BCUT2D eigenvalue weighted by Gasteiger charge is 2.36. The number of nitrogens with one attached hydrogen (secondary N) is 4. The second-order valence-electron chi connectivity index (χ2n) is 8.03. The van der Waals surface area contributed by atoms with Crippen LogP contribution in [0.2, 0.25) is 0 Å². The Morgan fingerprint density at radius 3 is 2.48 bits per heavy atom. The molecule has 2 aliphatic heterocycles. The molecule has 2 fully saturated rings. The number of hydrogen-bond acceptors (Lipinski definition) is 3. The van der Waals surface area contributed by atoms with E-state index in [1.165, 1.54) is 0 Å². The third-order valence-corrected chi connectivity index (χ3v) is 5.30. The van der Waals surface area contributed by atoms with Crippen molar-refractivity contribution in [1.29, 1.82) is 0 Å². The van der Waals surface area contributed by atoms with Crippen LogP contribution >= 0.6 is 0 Å². The highest BCUT2D eigenvalue weighted by molar-refractivity contribution is 5.79. The number of hydrogen-bond donors (Lipinski definition) is 4. The highest BCUT2D eigenvalue weighted by Crippen LogP contribution is 2.24. The molecule has 23 heavy (non-hydrogen) atoms. The minimum atomic E-state index is -0.132. The first-order valence-electron chi connectivity index (χ1n) is 8.84. The maximum Gasteiger partial charge on any atom is 0.315 e. The monoisotopic (exact) mass is 324 g/mol. The fourth-order valence-corrected chi connectivity index (χ4v) is 3.26. The van der Waals surface area contributed by atoms with Crippen LogP contribution in [0.3, 0.4) is 0 Å². The van der Waals surface area contributed by atoms with Gasteiger partial charge in [0.15, 0.2) is 0 Å². The summed E-state index contributed by atoms with van der Waals surface area (Å²) >= 11 is 0. The van der Waals surface area contributed by atoms with Crippen molar-refractivity contribution in [2.24, 2.45) is 11.3 Å². The fourth-order valence-electron chi connectivity index (χ4n) is 3.26. The Balaban J connectivity index is 1.95. The summed E-state index contributed by atoms with van der Waals surface area (Å²) in [5.41, 5.74) is 0.0204. The molecule has 0 saturated carbocycles. The van der Waals surface area contributed by atoms with Gasteiger partial charge in [-0.1, -0.05) is 20.8 Å². The number of carbonyl (C=O) groups excluding carboxylic acids is 2. The smallest absolute Gasteiger partial charge is 0.315 e. The second kappa shape index (κ2) is 7.51. The molecule has 132 valence electrons. The van der Waals surface area contributed by atoms with E-state index >= 15 is 0 Å². The summed E-state index contributed by atoms with van der Waals surface area (Å²) in [5, 5.41) is 12.6. The lowest BCUT2D eigenvalue weighted by atomic mass is 9.82. The van der Waals surface area contributed by atoms with E-state index in [0.717, 1.165) is 32.4 Å². The lowest BCUT2D eigenvalue weighted by Gasteiger charge is -2.40. The standard InChI is InChI=1S/C17H32N4O2/c1-11(17(2,3)4)19-16(23)20-13-5-6-14(22)21-15(13)12-7-9-18-10-8-12/h11-13,15,18H,5-10H2,1-4H3,(H,21,22)(H2,19,20,23)/t11-,13-,15+/m1/s1. The van der Waals surface area contributed by atoms with Crippen molar-refractivity contribution in [1.82, 2.24) is 21.3 Å². The molecular formula is C17H32N4O2. The summed E-state index contributed by atoms with van der Waals surface area (Å²) in [7, 11) is 0. The van der Waals surface area contributed by atoms with Crippen molar-refractivity contribution in [2.75, 3.05) is 13.1 Å². The van der Waals surface area contributed by atoms with Crippen LogP contribution in [0.25, 0.3) is 0 Å². The van der Waals surface area contributed by atoms with Crippen molar-refractivity contribution in [2.45, 2.75) is 71.5 Å². The zero-order valence-corrected chi connectivity index (χ0v) is 14.9. The van der Waals surface area contributed by atoms with Crippen LogP contribution < -0.4 is 21.3 Å². The number of amides is 3. The Morgan fingerprint density at radius 2 is 1.87 bits per heavy atom. The van der Waals surface area contributed by atoms with Crippen molar-refractivity contribution >= 4 is 11.9 Å². The van der Waals surface area contributed by atoms with Gasteiger partial charge in [0, 0.05) is 12.5 Å². The van der Waals surface area contributed by atoms with E-state index < -0.39 is 0 Å². The second-order valence-corrected chi connectivity index (χ2v) is 8.03. The minimum absolute atomic E-state index is 0.0166. The van der Waals surface area contributed by atoms with Crippen molar-refractivity contribution in [3.63, 3.8) is 0 Å². The van der Waals surface area contributed by atoms with Gasteiger partial charge in [-0.15, -0.1) is 0 Å². The topological polar surface area (TPSA) is 82.3 Å². The molecule has 0 aromatic rings. The Labute approximate surface area is 139 Å². The van der Waals surface area contributed by atoms with Crippen LogP contribution in [0.5, 0.6) is 0 Å². The van der Waals surface area contributed by atoms with E-state index in [9.17, 15) is 9.59 Å². The Hall–Kier alpha value is -1.30. The van der Waals surface area contributed by atoms with E-state index in [0.29, 0.717) is 12.3 Å². The number of carbonyl (C=O) groups is 2. The van der Waals surface area contributed by atoms with E-state index in [-0.39, 0.29) is 35.5 Å². The molecule has 0 bridgehead atoms. The van der Waals surface area contributed by atoms with Crippen LogP contribution in [0.15, 0.2) is 0 Å². The summed E-state index contributed by atoms with van der Waals surface area (Å²) in [6.07, 6.45) is 3.30. The first-order valence-corrected chi connectivity index (χ1v) is 8.84. The van der Waals surface area contributed by atoms with Gasteiger partial charge >= 0.3 is 6.03 Å². The molecule has 3 amide bonds. The molecule has 0 aliphatic carbocycles. The van der Waals surface area contributed by atoms with Crippen LogP contribution in [0.1, 0.15) is 53.4 Å². The lowest BCUT2D eigenvalue weighted by Crippen LogP contribution is -2.61. The molecule has 0 aromatic heterocycles. The molecule has 0 aromatic carbocycles. The maximum atomic E-state index is 12.3. The maximum absolute atomic E-state index is 12.3. The zero-order valence-electron chi connectivity index (χ0n) is 14.9. The summed E-state index contributed by atoms with van der Waals surface area (Å²) in [4.78, 5) is 24.1. The van der Waals surface area contributed by atoms with E-state index in [1.54, 1.807) is 0 Å². The summed E-state index contributed by atoms with van der Waals surface area (Å²) < 4.78 is 0. The largest absolute Gasteiger partial charge is 0.351 e. The average molecular weight is 324 g/mol. The normalized spacial score (nSPS) is 27.9. The Bertz CT molecular complexity index is 427. The molecule has 3 atom stereocenters. The van der Waals surface area contributed by atoms with Crippen LogP contribution in [0, 0.1) is 11.3 Å². The van der Waals surface area contributed by atoms with Gasteiger partial charge in [0.1, 0.15) is 0 Å². The Morgan fingerprint density at radius 1 is 1.22 bits per heavy atom. The number of urea groups is 1. The van der Waals surface area contributed by atoms with Crippen molar-refractivity contribution < 1.29 is 9.59 Å². The minimum Gasteiger partial charge on any atom is -0.351 e. The molecular weight excluding hydrogens is 292 g/mol. The third-order valence-electron chi connectivity index (χ3n) is 5.30. The van der Waals surface area contributed by atoms with Crippen LogP contribution in [0.4, 0.5) is 4.79 Å². The predicted octanol–water partition coefficient (Wildman–Crippen LogP) is 1.37. The molecule has 4 N–H and O–H groups in total. The van der Waals surface area contributed by atoms with Gasteiger partial charge in [-0.05, 0) is 50.6 Å². The fraction of sp³-hybridized carbons (Fsp3) is 0.882. The van der Waals surface area contributed by atoms with Gasteiger partial charge in [0.2, 0.25) is 5.91 Å². The predicted molar refractivity (Wildman–Crippen MR) is 91.1 cm³/mol. The van der Waals surface area contributed by atoms with E-state index in [1.807, 2.05) is 6.92 Å². The Kier molecular flexibility index (Phi) is 5.89. The molecule has 6 nitrogen and oxygen atoms in total. The molecule has 2 heterocycles. The molecule has 0 spiro atoms. The SMILES string of the molecule is C[C@@H](NC(=O)N[C@@H]1CCC(=O)N[C@H]1C1CCNCC1)C(C)(C)C. The first kappa shape index (κ1) is 18.0. The van der Waals surface area contributed by atoms with Gasteiger partial charge in [0.25, 0.3) is 0 Å². The highest BCUT2D eigenvalue weighted by atomic mass is 16.2. The quantitative estimate of drug-likeness (QED) is 0.633. The molecule has 0 unspecified atom stereocenters. The van der Waals surface area contributed by atoms with Crippen molar-refractivity contribution in [3.05, 3.63) is 0 Å². The zero-order chi connectivity index (χ0) is 17.0. The lowest BCUT2D eigenvalue weighted by molar-refractivity contribution is -0.124. The molecule has 0 radical (unpaired) electrons. The molecule has 2 rings (SSSR count). The summed E-state index contributed by atoms with van der Waals surface area (Å²) in [6.45, 7) is 10.3. The molecule has 2 saturated heterocycles. The number of rotatable bonds is 3. The molecule has 2 aliphatic rings. The van der Waals surface area contributed by atoms with E-state index in [2.05, 4.69) is 42.0 Å². The van der Waals surface area contributed by atoms with Gasteiger partial charge < -0.3 is 21.3 Å². The van der Waals surface area contributed by atoms with Gasteiger partial charge in [-0.2, -0.15) is 0 Å². The van der Waals surface area contributed by atoms with Gasteiger partial charge in [-0.25, -0.2) is 4.79 Å². The summed E-state index contributed by atoms with van der Waals surface area (Å²) in [6, 6.07) is 0.0162. The number of piperidine rings is 2. The van der Waals surface area contributed by atoms with Crippen LogP contribution in [-0.4, -0.2) is 43.2 Å².